The molecule has 1 fully saturated rings. The monoisotopic (exact) mass is 367 g/mol. The minimum atomic E-state index is -0.172. The van der Waals surface area contributed by atoms with Crippen LogP contribution >= 0.6 is 0 Å². The van der Waals surface area contributed by atoms with Crippen molar-refractivity contribution in [2.24, 2.45) is 0 Å². The largest absolute Gasteiger partial charge is 0.349 e. The maximum Gasteiger partial charge on any atom is 0.273 e. The van der Waals surface area contributed by atoms with Crippen LogP contribution in [-0.2, 0) is 6.54 Å². The van der Waals surface area contributed by atoms with Crippen molar-refractivity contribution in [1.29, 1.82) is 0 Å². The summed E-state index contributed by atoms with van der Waals surface area (Å²) in [4.78, 5) is 17.1. The lowest BCUT2D eigenvalue weighted by atomic mass is 10.1. The summed E-state index contributed by atoms with van der Waals surface area (Å²) in [5, 5.41) is 14.7. The molecule has 8 heteroatoms. The van der Waals surface area contributed by atoms with Gasteiger partial charge in [0.2, 0.25) is 0 Å². The van der Waals surface area contributed by atoms with Crippen LogP contribution in [0.3, 0.4) is 0 Å². The molecule has 3 heterocycles. The maximum atomic E-state index is 12.6. The average Bonchev–Trinajstić information content (AvgIpc) is 3.22. The molecule has 1 aliphatic heterocycles. The summed E-state index contributed by atoms with van der Waals surface area (Å²) in [6.45, 7) is 7.04. The number of para-hydroxylation sites is 2. The molecule has 4 rings (SSSR count). The van der Waals surface area contributed by atoms with Gasteiger partial charge in [0, 0.05) is 13.1 Å². The summed E-state index contributed by atoms with van der Waals surface area (Å²) >= 11 is 0. The molecule has 1 aliphatic rings. The van der Waals surface area contributed by atoms with Gasteiger partial charge in [-0.25, -0.2) is 9.67 Å². The third-order valence-corrected chi connectivity index (χ3v) is 5.26. The number of carbonyl (C=O) groups is 1. The number of nitrogens with one attached hydrogen (secondary N) is 2. The Kier molecular flexibility index (Phi) is 4.89. The van der Waals surface area contributed by atoms with Crippen LogP contribution < -0.4 is 10.6 Å². The van der Waals surface area contributed by atoms with Crippen molar-refractivity contribution in [3.8, 4) is 0 Å². The molecule has 142 valence electrons. The zero-order valence-corrected chi connectivity index (χ0v) is 15.8. The Balaban J connectivity index is 1.41. The molecule has 2 N–H and O–H groups in total. The molecular weight excluding hydrogens is 342 g/mol. The second-order valence-electron chi connectivity index (χ2n) is 7.00. The van der Waals surface area contributed by atoms with E-state index >= 15 is 0 Å². The maximum absolute atomic E-state index is 12.6. The number of imidazole rings is 1. The van der Waals surface area contributed by atoms with Crippen LogP contribution in [0.1, 0.15) is 40.9 Å². The second kappa shape index (κ2) is 7.48. The first-order valence-corrected chi connectivity index (χ1v) is 9.47. The van der Waals surface area contributed by atoms with E-state index in [9.17, 15) is 4.79 Å². The van der Waals surface area contributed by atoms with Crippen LogP contribution in [0.4, 0.5) is 0 Å². The van der Waals surface area contributed by atoms with Gasteiger partial charge in [-0.2, -0.15) is 0 Å². The van der Waals surface area contributed by atoms with Crippen molar-refractivity contribution in [3.05, 3.63) is 41.5 Å². The molecule has 0 spiro atoms. The quantitative estimate of drug-likeness (QED) is 0.715. The van der Waals surface area contributed by atoms with Crippen molar-refractivity contribution < 1.29 is 4.79 Å². The van der Waals surface area contributed by atoms with E-state index < -0.39 is 0 Å². The average molecular weight is 367 g/mol. The lowest BCUT2D eigenvalue weighted by Crippen LogP contribution is -2.31. The van der Waals surface area contributed by atoms with Crippen molar-refractivity contribution in [2.45, 2.75) is 39.3 Å². The summed E-state index contributed by atoms with van der Waals surface area (Å²) in [7, 11) is 0. The fraction of sp³-hybridized carbons (Fsp3) is 0.474. The Bertz CT molecular complexity index is 952. The number of hydrogen-bond donors (Lipinski definition) is 2. The zero-order valence-electron chi connectivity index (χ0n) is 15.8. The van der Waals surface area contributed by atoms with Crippen molar-refractivity contribution in [3.63, 3.8) is 0 Å². The summed E-state index contributed by atoms with van der Waals surface area (Å²) in [5.74, 6) is 0.772. The number of piperidine rings is 1. The summed E-state index contributed by atoms with van der Waals surface area (Å²) < 4.78 is 4.03. The zero-order chi connectivity index (χ0) is 18.8. The molecule has 27 heavy (non-hydrogen) atoms. The van der Waals surface area contributed by atoms with E-state index in [1.807, 2.05) is 42.8 Å². The van der Waals surface area contributed by atoms with Gasteiger partial charge in [-0.05, 0) is 51.9 Å². The van der Waals surface area contributed by atoms with Gasteiger partial charge in [0.05, 0.1) is 22.8 Å². The summed E-state index contributed by atoms with van der Waals surface area (Å²) in [6, 6.07) is 8.35. The number of rotatable bonds is 5. The standard InChI is InChI=1S/C19H25N7O/c1-13-18(23-24-26(13)15-7-9-20-10-8-15)19(27)21-11-12-25-14(2)22-16-5-3-4-6-17(16)25/h3-6,15,20H,7-12H2,1-2H3,(H,21,27). The van der Waals surface area contributed by atoms with E-state index in [0.717, 1.165) is 48.5 Å². The number of hydrogen-bond acceptors (Lipinski definition) is 5. The Hall–Kier alpha value is -2.74. The molecule has 0 aliphatic carbocycles. The van der Waals surface area contributed by atoms with E-state index in [4.69, 9.17) is 0 Å². The highest BCUT2D eigenvalue weighted by Crippen LogP contribution is 2.20. The van der Waals surface area contributed by atoms with Gasteiger partial charge >= 0.3 is 0 Å². The van der Waals surface area contributed by atoms with Gasteiger partial charge in [-0.3, -0.25) is 4.79 Å². The van der Waals surface area contributed by atoms with E-state index in [0.29, 0.717) is 24.8 Å². The fourth-order valence-corrected chi connectivity index (χ4v) is 3.79. The van der Waals surface area contributed by atoms with Crippen LogP contribution in [0.5, 0.6) is 0 Å². The molecule has 2 aromatic heterocycles. The molecule has 8 nitrogen and oxygen atoms in total. The third-order valence-electron chi connectivity index (χ3n) is 5.26. The van der Waals surface area contributed by atoms with Gasteiger partial charge in [0.1, 0.15) is 5.82 Å². The molecule has 0 saturated carbocycles. The number of nitrogens with zero attached hydrogens (tertiary/aromatic N) is 5. The first-order chi connectivity index (χ1) is 13.1. The molecule has 0 unspecified atom stereocenters. The predicted octanol–water partition coefficient (Wildman–Crippen LogP) is 1.60. The van der Waals surface area contributed by atoms with Crippen molar-refractivity contribution in [1.82, 2.24) is 35.2 Å². The fourth-order valence-electron chi connectivity index (χ4n) is 3.79. The Morgan fingerprint density at radius 2 is 2.04 bits per heavy atom. The minimum absolute atomic E-state index is 0.172. The van der Waals surface area contributed by atoms with Crippen LogP contribution in [-0.4, -0.2) is 50.1 Å². The van der Waals surface area contributed by atoms with Gasteiger partial charge in [0.15, 0.2) is 5.69 Å². The number of carbonyl (C=O) groups excluding carboxylic acids is 1. The molecule has 3 aromatic rings. The van der Waals surface area contributed by atoms with Crippen LogP contribution in [0.15, 0.2) is 24.3 Å². The third kappa shape index (κ3) is 3.44. The van der Waals surface area contributed by atoms with Gasteiger partial charge in [-0.15, -0.1) is 5.10 Å². The van der Waals surface area contributed by atoms with Crippen molar-refractivity contribution in [2.75, 3.05) is 19.6 Å². The molecule has 1 saturated heterocycles. The highest BCUT2D eigenvalue weighted by atomic mass is 16.2. The van der Waals surface area contributed by atoms with Gasteiger partial charge in [-0.1, -0.05) is 17.3 Å². The van der Waals surface area contributed by atoms with Crippen molar-refractivity contribution >= 4 is 16.9 Å². The van der Waals surface area contributed by atoms with E-state index in [2.05, 4.69) is 30.5 Å². The number of amides is 1. The predicted molar refractivity (Wildman–Crippen MR) is 103 cm³/mol. The first-order valence-electron chi connectivity index (χ1n) is 9.47. The number of benzene rings is 1. The lowest BCUT2D eigenvalue weighted by molar-refractivity contribution is 0.0946. The molecule has 0 bridgehead atoms. The second-order valence-corrected chi connectivity index (χ2v) is 7.00. The highest BCUT2D eigenvalue weighted by molar-refractivity contribution is 5.93. The minimum Gasteiger partial charge on any atom is -0.349 e. The molecule has 0 atom stereocenters. The Morgan fingerprint density at radius 1 is 1.26 bits per heavy atom. The molecule has 1 aromatic carbocycles. The smallest absolute Gasteiger partial charge is 0.273 e. The Morgan fingerprint density at radius 3 is 2.85 bits per heavy atom. The topological polar surface area (TPSA) is 89.7 Å². The van der Waals surface area contributed by atoms with Crippen LogP contribution in [0.2, 0.25) is 0 Å². The number of fused-ring (bicyclic) bond motifs is 1. The normalized spacial score (nSPS) is 15.3. The molecular formula is C19H25N7O. The summed E-state index contributed by atoms with van der Waals surface area (Å²) in [6.07, 6.45) is 2.02. The SMILES string of the molecule is Cc1c(C(=O)NCCn2c(C)nc3ccccc32)nnn1C1CCNCC1. The lowest BCUT2D eigenvalue weighted by Gasteiger charge is -2.23. The van der Waals surface area contributed by atoms with E-state index in [1.165, 1.54) is 0 Å². The first kappa shape index (κ1) is 17.7. The number of aromatic nitrogens is 5. The summed E-state index contributed by atoms with van der Waals surface area (Å²) in [5.41, 5.74) is 3.31. The molecule has 1 amide bonds. The van der Waals surface area contributed by atoms with Gasteiger partial charge < -0.3 is 15.2 Å². The van der Waals surface area contributed by atoms with Crippen LogP contribution in [0.25, 0.3) is 11.0 Å². The number of aryl methyl sites for hydroxylation is 1. The highest BCUT2D eigenvalue weighted by Gasteiger charge is 2.22. The van der Waals surface area contributed by atoms with Crippen LogP contribution in [0, 0.1) is 13.8 Å². The van der Waals surface area contributed by atoms with E-state index in [-0.39, 0.29) is 5.91 Å². The Labute approximate surface area is 158 Å². The molecule has 0 radical (unpaired) electrons. The van der Waals surface area contributed by atoms with Gasteiger partial charge in [0.25, 0.3) is 5.91 Å². The van der Waals surface area contributed by atoms with E-state index in [1.54, 1.807) is 0 Å².